The molecule has 8 nitrogen and oxygen atoms in total. The number of Topliss-reactive ketones (excluding diaryl/α,β-unsaturated/α-hetero) is 1. The molecule has 0 saturated heterocycles. The van der Waals surface area contributed by atoms with Gasteiger partial charge in [-0.25, -0.2) is 4.79 Å². The molecule has 0 fully saturated rings. The number of carboxylic acid groups (broad SMARTS) is 3. The summed E-state index contributed by atoms with van der Waals surface area (Å²) in [6.45, 7) is 0. The second-order valence-corrected chi connectivity index (χ2v) is 3.86. The molecule has 0 aliphatic rings. The molecule has 1 aromatic rings. The third kappa shape index (κ3) is 9.65. The number of aliphatic carboxylic acids is 3. The smallest absolute Gasteiger partial charge is 0.372 e. The summed E-state index contributed by atoms with van der Waals surface area (Å²) < 4.78 is 0. The minimum atomic E-state index is -1.58. The molecule has 0 aliphatic carbocycles. The number of rotatable bonds is 6. The van der Waals surface area contributed by atoms with Gasteiger partial charge in [-0.05, 0) is 17.7 Å². The maximum absolute atomic E-state index is 10.2. The van der Waals surface area contributed by atoms with Gasteiger partial charge in [0.1, 0.15) is 5.75 Å². The molecule has 0 atom stereocenters. The fourth-order valence-electron chi connectivity index (χ4n) is 1.12. The molecule has 0 aliphatic heterocycles. The van der Waals surface area contributed by atoms with Crippen LogP contribution in [0.5, 0.6) is 5.75 Å². The van der Waals surface area contributed by atoms with E-state index in [2.05, 4.69) is 0 Å². The van der Waals surface area contributed by atoms with E-state index in [9.17, 15) is 19.2 Å². The van der Waals surface area contributed by atoms with Crippen molar-refractivity contribution in [1.29, 1.82) is 0 Å². The topological polar surface area (TPSA) is 149 Å². The Bertz CT molecular complexity index is 517. The normalized spacial score (nSPS) is 9.14. The average molecular weight is 298 g/mol. The predicted octanol–water partition coefficient (Wildman–Crippen LogP) is 0.524. The van der Waals surface area contributed by atoms with E-state index in [0.717, 1.165) is 0 Å². The molecule has 0 amide bonds. The van der Waals surface area contributed by atoms with Gasteiger partial charge < -0.3 is 20.4 Å². The number of ketones is 1. The number of benzene rings is 1. The number of aromatic hydroxyl groups is 1. The molecular formula is C13H14O8. The van der Waals surface area contributed by atoms with Crippen LogP contribution >= 0.6 is 0 Å². The van der Waals surface area contributed by atoms with E-state index in [1.54, 1.807) is 12.1 Å². The zero-order valence-corrected chi connectivity index (χ0v) is 10.9. The van der Waals surface area contributed by atoms with Gasteiger partial charge in [0.2, 0.25) is 5.78 Å². The van der Waals surface area contributed by atoms with Crippen LogP contribution in [0, 0.1) is 0 Å². The van der Waals surface area contributed by atoms with Gasteiger partial charge in [-0.3, -0.25) is 14.4 Å². The molecule has 0 unspecified atom stereocenters. The first-order valence-electron chi connectivity index (χ1n) is 5.70. The highest BCUT2D eigenvalue weighted by Crippen LogP contribution is 2.09. The second-order valence-electron chi connectivity index (χ2n) is 3.86. The van der Waals surface area contributed by atoms with Crippen molar-refractivity contribution in [2.24, 2.45) is 0 Å². The van der Waals surface area contributed by atoms with Gasteiger partial charge in [-0.2, -0.15) is 0 Å². The molecule has 21 heavy (non-hydrogen) atoms. The van der Waals surface area contributed by atoms with Gasteiger partial charge in [0, 0.05) is 6.42 Å². The summed E-state index contributed by atoms with van der Waals surface area (Å²) in [6.07, 6.45) is -0.865. The van der Waals surface area contributed by atoms with Crippen LogP contribution in [0.1, 0.15) is 18.4 Å². The number of phenolic OH excluding ortho intramolecular Hbond substituents is 1. The van der Waals surface area contributed by atoms with Crippen LogP contribution < -0.4 is 0 Å². The van der Waals surface area contributed by atoms with E-state index >= 15 is 0 Å². The van der Waals surface area contributed by atoms with Crippen molar-refractivity contribution in [1.82, 2.24) is 0 Å². The van der Waals surface area contributed by atoms with E-state index in [1.165, 1.54) is 12.1 Å². The molecule has 0 aromatic heterocycles. The lowest BCUT2D eigenvalue weighted by Crippen LogP contribution is -2.13. The third-order valence-corrected chi connectivity index (χ3v) is 2.10. The molecule has 1 aromatic carbocycles. The highest BCUT2D eigenvalue weighted by atomic mass is 16.4. The first-order valence-corrected chi connectivity index (χ1v) is 5.70. The van der Waals surface area contributed by atoms with Crippen molar-refractivity contribution in [2.75, 3.05) is 0 Å². The zero-order chi connectivity index (χ0) is 16.4. The second kappa shape index (κ2) is 9.08. The molecule has 8 heteroatoms. The number of hydrogen-bond donors (Lipinski definition) is 4. The van der Waals surface area contributed by atoms with E-state index in [-0.39, 0.29) is 12.2 Å². The van der Waals surface area contributed by atoms with Gasteiger partial charge in [-0.15, -0.1) is 0 Å². The lowest BCUT2D eigenvalue weighted by molar-refractivity contribution is -0.149. The van der Waals surface area contributed by atoms with E-state index in [0.29, 0.717) is 5.56 Å². The number of hydrogen-bond acceptors (Lipinski definition) is 5. The van der Waals surface area contributed by atoms with Crippen LogP contribution in [0.3, 0.4) is 0 Å². The summed E-state index contributed by atoms with van der Waals surface area (Å²) in [7, 11) is 0. The zero-order valence-electron chi connectivity index (χ0n) is 10.9. The van der Waals surface area contributed by atoms with Crippen LogP contribution in [-0.2, 0) is 25.6 Å². The lowest BCUT2D eigenvalue weighted by Gasteiger charge is -1.95. The van der Waals surface area contributed by atoms with Crippen molar-refractivity contribution in [3.8, 4) is 5.75 Å². The van der Waals surface area contributed by atoms with E-state index < -0.39 is 36.5 Å². The average Bonchev–Trinajstić information content (AvgIpc) is 2.38. The maximum Gasteiger partial charge on any atom is 0.372 e. The molecule has 1 rings (SSSR count). The Morgan fingerprint density at radius 2 is 1.33 bits per heavy atom. The molecule has 114 valence electrons. The molecule has 0 spiro atoms. The van der Waals surface area contributed by atoms with Gasteiger partial charge in [-0.1, -0.05) is 12.1 Å². The summed E-state index contributed by atoms with van der Waals surface area (Å²) in [5.74, 6) is -4.53. The monoisotopic (exact) mass is 298 g/mol. The Hall–Kier alpha value is -2.90. The quantitative estimate of drug-likeness (QED) is 0.555. The summed E-state index contributed by atoms with van der Waals surface area (Å²) >= 11 is 0. The van der Waals surface area contributed by atoms with E-state index in [1.807, 2.05) is 0 Å². The number of carbonyl (C=O) groups is 4. The van der Waals surface area contributed by atoms with Crippen molar-refractivity contribution in [2.45, 2.75) is 19.3 Å². The summed E-state index contributed by atoms with van der Waals surface area (Å²) in [5.41, 5.74) is 0.690. The van der Waals surface area contributed by atoms with Crippen molar-refractivity contribution in [3.05, 3.63) is 29.8 Å². The maximum atomic E-state index is 10.2. The van der Waals surface area contributed by atoms with E-state index in [4.69, 9.17) is 20.4 Å². The highest BCUT2D eigenvalue weighted by molar-refractivity contribution is 6.32. The predicted molar refractivity (Wildman–Crippen MR) is 69.0 cm³/mol. The Labute approximate surface area is 119 Å². The highest BCUT2D eigenvalue weighted by Gasteiger charge is 2.12. The minimum Gasteiger partial charge on any atom is -0.508 e. The largest absolute Gasteiger partial charge is 0.508 e. The Morgan fingerprint density at radius 3 is 1.71 bits per heavy atom. The van der Waals surface area contributed by atoms with Crippen LogP contribution in [0.25, 0.3) is 0 Å². The van der Waals surface area contributed by atoms with Gasteiger partial charge in [0.15, 0.2) is 0 Å². The van der Waals surface area contributed by atoms with Crippen LogP contribution in [0.4, 0.5) is 0 Å². The van der Waals surface area contributed by atoms with Crippen molar-refractivity contribution in [3.63, 3.8) is 0 Å². The number of carbonyl (C=O) groups excluding carboxylic acids is 1. The fourth-order valence-corrected chi connectivity index (χ4v) is 1.12. The number of phenols is 1. The standard InChI is InChI=1S/C8H8O3.C5H6O5/c9-7-3-1-6(2-4-7)5-8(10)11;6-3(5(9)10)1-2-4(7)8/h1-4,9H,5H2,(H,10,11);1-2H2,(H,7,8)(H,9,10). The molecule has 4 N–H and O–H groups in total. The molecule has 0 heterocycles. The summed E-state index contributed by atoms with van der Waals surface area (Å²) in [6, 6.07) is 6.11. The lowest BCUT2D eigenvalue weighted by atomic mass is 10.1. The third-order valence-electron chi connectivity index (χ3n) is 2.10. The van der Waals surface area contributed by atoms with Crippen LogP contribution in [-0.4, -0.2) is 44.1 Å². The van der Waals surface area contributed by atoms with Crippen LogP contribution in [0.2, 0.25) is 0 Å². The van der Waals surface area contributed by atoms with Gasteiger partial charge in [0.05, 0.1) is 12.8 Å². The SMILES string of the molecule is O=C(O)CCC(=O)C(=O)O.O=C(O)Cc1ccc(O)cc1. The minimum absolute atomic E-state index is 0.000278. The summed E-state index contributed by atoms with van der Waals surface area (Å²) in [5, 5.41) is 33.2. The number of carboxylic acids is 3. The van der Waals surface area contributed by atoms with Crippen molar-refractivity contribution >= 4 is 23.7 Å². The van der Waals surface area contributed by atoms with Gasteiger partial charge in [0.25, 0.3) is 0 Å². The van der Waals surface area contributed by atoms with Gasteiger partial charge >= 0.3 is 17.9 Å². The molecule has 0 bridgehead atoms. The Morgan fingerprint density at radius 1 is 0.810 bits per heavy atom. The van der Waals surface area contributed by atoms with Crippen LogP contribution in [0.15, 0.2) is 24.3 Å². The first kappa shape index (κ1) is 18.1. The first-order chi connectivity index (χ1) is 9.72. The molecule has 0 radical (unpaired) electrons. The molecular weight excluding hydrogens is 284 g/mol. The Balaban J connectivity index is 0.000000384. The van der Waals surface area contributed by atoms with Crippen molar-refractivity contribution < 1.29 is 39.6 Å². The molecule has 0 saturated carbocycles. The fraction of sp³-hybridized carbons (Fsp3) is 0.231. The Kier molecular flexibility index (Phi) is 7.82. The summed E-state index contributed by atoms with van der Waals surface area (Å²) in [4.78, 5) is 39.9.